The second kappa shape index (κ2) is 10.2. The van der Waals surface area contributed by atoms with E-state index in [2.05, 4.69) is 20.1 Å². The number of ether oxygens (including phenoxy) is 4. The molecule has 3 atom stereocenters. The Bertz CT molecular complexity index is 1480. The van der Waals surface area contributed by atoms with Crippen LogP contribution in [0.1, 0.15) is 48.0 Å². The fourth-order valence-electron chi connectivity index (χ4n) is 5.37. The molecule has 3 aromatic carbocycles. The molecule has 2 amide bonds. The molecule has 41 heavy (non-hydrogen) atoms. The molecule has 3 N–H and O–H groups in total. The van der Waals surface area contributed by atoms with Crippen LogP contribution in [0.5, 0.6) is 23.0 Å². The number of nitrogens with one attached hydrogen (secondary N) is 2. The van der Waals surface area contributed by atoms with Crippen molar-refractivity contribution in [1.29, 1.82) is 0 Å². The van der Waals surface area contributed by atoms with Crippen LogP contribution in [0.4, 0.5) is 8.78 Å². The average molecular weight is 567 g/mol. The van der Waals surface area contributed by atoms with Gasteiger partial charge in [-0.3, -0.25) is 9.59 Å². The molecule has 3 aromatic rings. The molecule has 2 aliphatic heterocycles. The van der Waals surface area contributed by atoms with E-state index in [-0.39, 0.29) is 30.4 Å². The number of carbonyl (C=O) groups is 2. The number of fused-ring (bicyclic) bond motifs is 2. The van der Waals surface area contributed by atoms with Crippen molar-refractivity contribution in [3.8, 4) is 23.0 Å². The highest BCUT2D eigenvalue weighted by atomic mass is 19.3. The van der Waals surface area contributed by atoms with Gasteiger partial charge >= 0.3 is 6.29 Å². The van der Waals surface area contributed by atoms with Crippen LogP contribution < -0.4 is 29.6 Å². The zero-order valence-electron chi connectivity index (χ0n) is 22.1. The molecule has 1 aliphatic carbocycles. The molecular formula is C30H28F2N2O7. The Morgan fingerprint density at radius 1 is 1.02 bits per heavy atom. The van der Waals surface area contributed by atoms with Gasteiger partial charge in [0, 0.05) is 18.1 Å². The molecule has 6 rings (SSSR count). The summed E-state index contributed by atoms with van der Waals surface area (Å²) in [6, 6.07) is 17.4. The largest absolute Gasteiger partial charge is 0.586 e. The molecule has 11 heteroatoms. The first kappa shape index (κ1) is 26.8. The summed E-state index contributed by atoms with van der Waals surface area (Å²) in [7, 11) is 1.51. The molecule has 0 aromatic heterocycles. The van der Waals surface area contributed by atoms with Gasteiger partial charge in [-0.25, -0.2) is 0 Å². The van der Waals surface area contributed by atoms with Crippen LogP contribution in [0.25, 0.3) is 0 Å². The first-order chi connectivity index (χ1) is 19.7. The number of benzene rings is 3. The predicted molar refractivity (Wildman–Crippen MR) is 141 cm³/mol. The Balaban J connectivity index is 1.23. The zero-order chi connectivity index (χ0) is 28.8. The Hall–Kier alpha value is -4.38. The van der Waals surface area contributed by atoms with Gasteiger partial charge in [0.25, 0.3) is 5.91 Å². The number of carbonyl (C=O) groups excluding carboxylic acids is 2. The summed E-state index contributed by atoms with van der Waals surface area (Å²) < 4.78 is 47.6. The SMILES string of the molecule is COc1ccc2c(c1)O[C@@H](C(=O)NC(CO)c1ccccc1)C[C@H]2NC(=O)C1(c2ccc3c(c2)OC(F)(F)O3)CC1. The van der Waals surface area contributed by atoms with E-state index in [4.69, 9.17) is 9.47 Å². The summed E-state index contributed by atoms with van der Waals surface area (Å²) in [6.45, 7) is -0.308. The van der Waals surface area contributed by atoms with Crippen LogP contribution in [0.2, 0.25) is 0 Å². The summed E-state index contributed by atoms with van der Waals surface area (Å²) in [5, 5.41) is 15.8. The Morgan fingerprint density at radius 2 is 1.78 bits per heavy atom. The maximum atomic E-state index is 13.7. The van der Waals surface area contributed by atoms with Gasteiger partial charge in [0.15, 0.2) is 17.6 Å². The van der Waals surface area contributed by atoms with Gasteiger partial charge in [0.1, 0.15) is 11.5 Å². The van der Waals surface area contributed by atoms with Crippen LogP contribution in [0.3, 0.4) is 0 Å². The quantitative estimate of drug-likeness (QED) is 0.379. The lowest BCUT2D eigenvalue weighted by atomic mass is 9.91. The number of halogens is 2. The third-order valence-corrected chi connectivity index (χ3v) is 7.75. The highest BCUT2D eigenvalue weighted by molar-refractivity contribution is 5.92. The summed E-state index contributed by atoms with van der Waals surface area (Å²) in [5.74, 6) is -0.0527. The minimum Gasteiger partial charge on any atom is -0.497 e. The molecule has 1 unspecified atom stereocenters. The van der Waals surface area contributed by atoms with E-state index in [0.29, 0.717) is 35.5 Å². The minimum atomic E-state index is -3.75. The second-order valence-corrected chi connectivity index (χ2v) is 10.3. The van der Waals surface area contributed by atoms with Gasteiger partial charge in [-0.05, 0) is 48.2 Å². The number of alkyl halides is 2. The van der Waals surface area contributed by atoms with E-state index in [1.807, 2.05) is 18.2 Å². The molecule has 214 valence electrons. The highest BCUT2D eigenvalue weighted by Gasteiger charge is 2.53. The molecular weight excluding hydrogens is 538 g/mol. The summed E-state index contributed by atoms with van der Waals surface area (Å²) in [5.41, 5.74) is 1.03. The molecule has 0 radical (unpaired) electrons. The minimum absolute atomic E-state index is 0.0900. The molecule has 3 aliphatic rings. The molecule has 9 nitrogen and oxygen atoms in total. The van der Waals surface area contributed by atoms with Gasteiger partial charge in [-0.15, -0.1) is 8.78 Å². The van der Waals surface area contributed by atoms with Crippen molar-refractivity contribution >= 4 is 11.8 Å². The number of amides is 2. The van der Waals surface area contributed by atoms with Crippen molar-refractivity contribution in [2.45, 2.75) is 49.2 Å². The molecule has 0 spiro atoms. The van der Waals surface area contributed by atoms with E-state index in [1.165, 1.54) is 19.2 Å². The molecule has 2 heterocycles. The monoisotopic (exact) mass is 566 g/mol. The summed E-state index contributed by atoms with van der Waals surface area (Å²) in [6.07, 6.45) is -3.55. The summed E-state index contributed by atoms with van der Waals surface area (Å²) >= 11 is 0. The Labute approximate surface area is 234 Å². The van der Waals surface area contributed by atoms with Crippen molar-refractivity contribution in [3.63, 3.8) is 0 Å². The van der Waals surface area contributed by atoms with Crippen molar-refractivity contribution in [2.75, 3.05) is 13.7 Å². The van der Waals surface area contributed by atoms with Gasteiger partial charge < -0.3 is 34.7 Å². The topological polar surface area (TPSA) is 115 Å². The van der Waals surface area contributed by atoms with Crippen LogP contribution in [0, 0.1) is 0 Å². The van der Waals surface area contributed by atoms with Crippen molar-refractivity contribution in [3.05, 3.63) is 83.4 Å². The highest BCUT2D eigenvalue weighted by Crippen LogP contribution is 2.52. The third kappa shape index (κ3) is 5.13. The standard InChI is InChI=1S/C30H28F2N2O7/c1-38-19-8-9-20-21(15-26(39-24(20)14-19)27(36)33-22(16-35)17-5-3-2-4-6-17)34-28(37)29(11-12-29)18-7-10-23-25(13-18)41-30(31,32)40-23/h2-10,13-14,21-22,26,35H,11-12,15-16H2,1H3,(H,33,36)(H,34,37)/t21-,22?,26-/m1/s1. The van der Waals surface area contributed by atoms with E-state index in [0.717, 1.165) is 5.56 Å². The number of hydrogen-bond acceptors (Lipinski definition) is 7. The fourth-order valence-corrected chi connectivity index (χ4v) is 5.37. The molecule has 1 fully saturated rings. The van der Waals surface area contributed by atoms with E-state index in [1.54, 1.807) is 36.4 Å². The first-order valence-electron chi connectivity index (χ1n) is 13.2. The lowest BCUT2D eigenvalue weighted by Gasteiger charge is -2.34. The van der Waals surface area contributed by atoms with Crippen LogP contribution >= 0.6 is 0 Å². The lowest BCUT2D eigenvalue weighted by Crippen LogP contribution is -2.47. The van der Waals surface area contributed by atoms with Crippen molar-refractivity contribution in [1.82, 2.24) is 10.6 Å². The molecule has 1 saturated carbocycles. The van der Waals surface area contributed by atoms with Gasteiger partial charge in [-0.2, -0.15) is 0 Å². The average Bonchev–Trinajstić information content (AvgIpc) is 3.72. The first-order valence-corrected chi connectivity index (χ1v) is 13.2. The normalized spacial score (nSPS) is 21.6. The number of rotatable bonds is 8. The maximum Gasteiger partial charge on any atom is 0.586 e. The summed E-state index contributed by atoms with van der Waals surface area (Å²) in [4.78, 5) is 27.1. The second-order valence-electron chi connectivity index (χ2n) is 10.3. The Morgan fingerprint density at radius 3 is 2.49 bits per heavy atom. The van der Waals surface area contributed by atoms with Crippen LogP contribution in [-0.4, -0.2) is 43.0 Å². The van der Waals surface area contributed by atoms with E-state index < -0.39 is 35.8 Å². The van der Waals surface area contributed by atoms with Gasteiger partial charge in [0.2, 0.25) is 5.91 Å². The number of hydrogen-bond donors (Lipinski definition) is 3. The number of aliphatic hydroxyl groups is 1. The van der Waals surface area contributed by atoms with Crippen LogP contribution in [-0.2, 0) is 15.0 Å². The maximum absolute atomic E-state index is 13.7. The van der Waals surface area contributed by atoms with Crippen LogP contribution in [0.15, 0.2) is 66.7 Å². The van der Waals surface area contributed by atoms with Crippen molar-refractivity contribution < 1.29 is 42.4 Å². The lowest BCUT2D eigenvalue weighted by molar-refractivity contribution is -0.286. The smallest absolute Gasteiger partial charge is 0.497 e. The fraction of sp³-hybridized carbons (Fsp3) is 0.333. The Kier molecular flexibility index (Phi) is 6.69. The third-order valence-electron chi connectivity index (χ3n) is 7.75. The van der Waals surface area contributed by atoms with Crippen molar-refractivity contribution in [2.24, 2.45) is 0 Å². The van der Waals surface area contributed by atoms with E-state index in [9.17, 15) is 23.5 Å². The van der Waals surface area contributed by atoms with Gasteiger partial charge in [0.05, 0.1) is 31.2 Å². The predicted octanol–water partition coefficient (Wildman–Crippen LogP) is 3.91. The molecule has 0 bridgehead atoms. The molecule has 0 saturated heterocycles. The number of aliphatic hydroxyl groups excluding tert-OH is 1. The number of methoxy groups -OCH3 is 1. The van der Waals surface area contributed by atoms with Gasteiger partial charge in [-0.1, -0.05) is 36.4 Å². The van der Waals surface area contributed by atoms with E-state index >= 15 is 0 Å². The zero-order valence-corrected chi connectivity index (χ0v) is 22.1.